The van der Waals surface area contributed by atoms with Crippen LogP contribution in [0.3, 0.4) is 0 Å². The number of carbonyl (C=O) groups excluding carboxylic acids is 4. The van der Waals surface area contributed by atoms with Gasteiger partial charge in [-0.15, -0.1) is 0 Å². The highest BCUT2D eigenvalue weighted by atomic mass is 16.5. The first-order valence-corrected chi connectivity index (χ1v) is 10.6. The Morgan fingerprint density at radius 1 is 1.03 bits per heavy atom. The molecule has 3 amide bonds. The van der Waals surface area contributed by atoms with E-state index in [4.69, 9.17) is 19.9 Å². The Labute approximate surface area is 198 Å². The van der Waals surface area contributed by atoms with E-state index in [2.05, 4.69) is 5.32 Å². The molecule has 0 spiro atoms. The molecule has 34 heavy (non-hydrogen) atoms. The lowest BCUT2D eigenvalue weighted by molar-refractivity contribution is -0.137. The van der Waals surface area contributed by atoms with Crippen LogP contribution in [0.1, 0.15) is 29.3 Å². The number of primary amides is 1. The predicted molar refractivity (Wildman–Crippen MR) is 125 cm³/mol. The molecule has 10 heteroatoms. The number of ether oxygens (including phenoxy) is 3. The fourth-order valence-electron chi connectivity index (χ4n) is 3.00. The van der Waals surface area contributed by atoms with Crippen molar-refractivity contribution in [3.8, 4) is 11.5 Å². The van der Waals surface area contributed by atoms with Crippen molar-refractivity contribution >= 4 is 29.4 Å². The lowest BCUT2D eigenvalue weighted by Crippen LogP contribution is -2.40. The summed E-state index contributed by atoms with van der Waals surface area (Å²) < 4.78 is 15.5. The maximum absolute atomic E-state index is 12.6. The van der Waals surface area contributed by atoms with Crippen LogP contribution in [0.15, 0.2) is 42.5 Å². The van der Waals surface area contributed by atoms with Gasteiger partial charge in [-0.3, -0.25) is 14.4 Å². The van der Waals surface area contributed by atoms with Gasteiger partial charge in [0.1, 0.15) is 0 Å². The molecule has 2 aromatic carbocycles. The maximum atomic E-state index is 12.6. The molecule has 0 heterocycles. The van der Waals surface area contributed by atoms with E-state index < -0.39 is 24.4 Å². The van der Waals surface area contributed by atoms with E-state index in [-0.39, 0.29) is 36.1 Å². The second kappa shape index (κ2) is 12.8. The first-order chi connectivity index (χ1) is 16.2. The average Bonchev–Trinajstić information content (AvgIpc) is 2.82. The van der Waals surface area contributed by atoms with Crippen LogP contribution in [-0.2, 0) is 19.1 Å². The quantitative estimate of drug-likeness (QED) is 0.451. The monoisotopic (exact) mass is 471 g/mol. The number of carbonyl (C=O) groups is 4. The third kappa shape index (κ3) is 7.80. The molecule has 0 saturated carbocycles. The van der Waals surface area contributed by atoms with E-state index in [0.29, 0.717) is 18.7 Å². The number of hydrogen-bond acceptors (Lipinski definition) is 7. The third-order valence-electron chi connectivity index (χ3n) is 4.70. The Balaban J connectivity index is 1.97. The van der Waals surface area contributed by atoms with Gasteiger partial charge in [-0.25, -0.2) is 4.79 Å². The van der Waals surface area contributed by atoms with E-state index in [1.54, 1.807) is 6.07 Å². The van der Waals surface area contributed by atoms with Crippen molar-refractivity contribution < 1.29 is 33.4 Å². The zero-order chi connectivity index (χ0) is 25.1. The van der Waals surface area contributed by atoms with E-state index in [1.807, 2.05) is 32.0 Å². The topological polar surface area (TPSA) is 137 Å². The van der Waals surface area contributed by atoms with Gasteiger partial charge in [0.2, 0.25) is 5.91 Å². The maximum Gasteiger partial charge on any atom is 0.338 e. The van der Waals surface area contributed by atoms with Gasteiger partial charge in [-0.05, 0) is 43.2 Å². The first kappa shape index (κ1) is 26.2. The average molecular weight is 472 g/mol. The number of esters is 1. The summed E-state index contributed by atoms with van der Waals surface area (Å²) in [5, 5.41) is 2.78. The summed E-state index contributed by atoms with van der Waals surface area (Å²) >= 11 is 0. The van der Waals surface area contributed by atoms with Gasteiger partial charge in [0.25, 0.3) is 11.8 Å². The molecule has 0 radical (unpaired) electrons. The van der Waals surface area contributed by atoms with E-state index >= 15 is 0 Å². The SMILES string of the molecule is CCCN(CC(=O)Nc1ccccc1C)C(=O)COC(=O)c1ccc(OCC(N)=O)c(OC)c1. The molecule has 10 nitrogen and oxygen atoms in total. The first-order valence-electron chi connectivity index (χ1n) is 10.6. The Hall–Kier alpha value is -4.08. The lowest BCUT2D eigenvalue weighted by Gasteiger charge is -2.21. The van der Waals surface area contributed by atoms with Crippen molar-refractivity contribution in [2.24, 2.45) is 5.73 Å². The number of nitrogens with one attached hydrogen (secondary N) is 1. The van der Waals surface area contributed by atoms with Gasteiger partial charge >= 0.3 is 5.97 Å². The number of hydrogen-bond donors (Lipinski definition) is 2. The minimum atomic E-state index is -0.756. The van der Waals surface area contributed by atoms with E-state index in [1.165, 1.54) is 30.2 Å². The van der Waals surface area contributed by atoms with Crippen molar-refractivity contribution in [2.45, 2.75) is 20.3 Å². The number of rotatable bonds is 12. The van der Waals surface area contributed by atoms with Crippen LogP contribution < -0.4 is 20.5 Å². The van der Waals surface area contributed by atoms with Crippen LogP contribution in [0.25, 0.3) is 0 Å². The summed E-state index contributed by atoms with van der Waals surface area (Å²) in [6, 6.07) is 11.5. The highest BCUT2D eigenvalue weighted by Gasteiger charge is 2.20. The molecule has 0 aliphatic rings. The molecule has 0 atom stereocenters. The highest BCUT2D eigenvalue weighted by molar-refractivity contribution is 5.96. The van der Waals surface area contributed by atoms with Gasteiger partial charge in [0.15, 0.2) is 24.7 Å². The number of methoxy groups -OCH3 is 1. The minimum Gasteiger partial charge on any atom is -0.493 e. The summed E-state index contributed by atoms with van der Waals surface area (Å²) in [6.07, 6.45) is 0.626. The lowest BCUT2D eigenvalue weighted by atomic mass is 10.2. The summed E-state index contributed by atoms with van der Waals surface area (Å²) in [5.41, 5.74) is 6.75. The van der Waals surface area contributed by atoms with Crippen LogP contribution >= 0.6 is 0 Å². The normalized spacial score (nSPS) is 10.2. The Morgan fingerprint density at radius 2 is 1.76 bits per heavy atom. The van der Waals surface area contributed by atoms with Gasteiger partial charge in [0.05, 0.1) is 19.2 Å². The molecule has 0 unspecified atom stereocenters. The fourth-order valence-corrected chi connectivity index (χ4v) is 3.00. The van der Waals surface area contributed by atoms with Crippen LogP contribution in [0.4, 0.5) is 5.69 Å². The van der Waals surface area contributed by atoms with Crippen LogP contribution in [-0.4, -0.2) is 62.0 Å². The molecule has 0 aliphatic heterocycles. The summed E-state index contributed by atoms with van der Waals surface area (Å²) in [7, 11) is 1.37. The second-order valence-corrected chi connectivity index (χ2v) is 7.38. The Bertz CT molecular complexity index is 1040. The molecule has 2 rings (SSSR count). The summed E-state index contributed by atoms with van der Waals surface area (Å²) in [4.78, 5) is 49.7. The van der Waals surface area contributed by atoms with Gasteiger partial charge in [-0.1, -0.05) is 25.1 Å². The molecule has 3 N–H and O–H groups in total. The van der Waals surface area contributed by atoms with Crippen LogP contribution in [0, 0.1) is 6.92 Å². The smallest absolute Gasteiger partial charge is 0.338 e. The van der Waals surface area contributed by atoms with Crippen molar-refractivity contribution in [1.29, 1.82) is 0 Å². The van der Waals surface area contributed by atoms with Gasteiger partial charge < -0.3 is 30.2 Å². The number of benzene rings is 2. The molecule has 0 bridgehead atoms. The van der Waals surface area contributed by atoms with E-state index in [0.717, 1.165) is 5.56 Å². The van der Waals surface area contributed by atoms with Crippen molar-refractivity contribution in [1.82, 2.24) is 4.90 Å². The molecule has 0 aromatic heterocycles. The zero-order valence-corrected chi connectivity index (χ0v) is 19.5. The van der Waals surface area contributed by atoms with E-state index in [9.17, 15) is 19.2 Å². The van der Waals surface area contributed by atoms with Crippen molar-refractivity contribution in [3.63, 3.8) is 0 Å². The van der Waals surface area contributed by atoms with Crippen molar-refractivity contribution in [3.05, 3.63) is 53.6 Å². The third-order valence-corrected chi connectivity index (χ3v) is 4.70. The molecular weight excluding hydrogens is 442 g/mol. The molecule has 0 fully saturated rings. The molecule has 182 valence electrons. The standard InChI is InChI=1S/C24H29N3O7/c1-4-11-27(13-22(29)26-18-8-6-5-7-16(18)2)23(30)15-34-24(31)17-9-10-19(20(12-17)32-3)33-14-21(25)28/h5-10,12H,4,11,13-15H2,1-3H3,(H2,25,28)(H,26,29). The van der Waals surface area contributed by atoms with Crippen LogP contribution in [0.5, 0.6) is 11.5 Å². The number of anilines is 1. The number of nitrogens with zero attached hydrogens (tertiary/aromatic N) is 1. The number of para-hydroxylation sites is 1. The largest absolute Gasteiger partial charge is 0.493 e. The Morgan fingerprint density at radius 3 is 2.41 bits per heavy atom. The number of aryl methyl sites for hydroxylation is 1. The molecule has 0 aliphatic carbocycles. The molecular formula is C24H29N3O7. The van der Waals surface area contributed by atoms with Crippen LogP contribution in [0.2, 0.25) is 0 Å². The highest BCUT2D eigenvalue weighted by Crippen LogP contribution is 2.28. The number of amides is 3. The van der Waals surface area contributed by atoms with Gasteiger partial charge in [-0.2, -0.15) is 0 Å². The molecule has 2 aromatic rings. The minimum absolute atomic E-state index is 0.121. The zero-order valence-electron chi connectivity index (χ0n) is 19.5. The summed E-state index contributed by atoms with van der Waals surface area (Å²) in [5.74, 6) is -1.84. The number of nitrogens with two attached hydrogens (primary N) is 1. The van der Waals surface area contributed by atoms with Gasteiger partial charge in [0, 0.05) is 12.2 Å². The summed E-state index contributed by atoms with van der Waals surface area (Å²) in [6.45, 7) is 3.03. The van der Waals surface area contributed by atoms with Crippen molar-refractivity contribution in [2.75, 3.05) is 38.7 Å². The predicted octanol–water partition coefficient (Wildman–Crippen LogP) is 1.90. The second-order valence-electron chi connectivity index (χ2n) is 7.38. The fraction of sp³-hybridized carbons (Fsp3) is 0.333. The Kier molecular flexibility index (Phi) is 9.88. The molecule has 0 saturated heterocycles.